The molecule has 0 bridgehead atoms. The first kappa shape index (κ1) is 41.4. The fraction of sp³-hybridized carbons (Fsp3) is 0.795. The van der Waals surface area contributed by atoms with Crippen LogP contribution in [0, 0.1) is 17.8 Å². The number of carbonyl (C=O) groups is 4. The standard InChI is InChI=1S/C39H60N6O9S/c1-25-11-12-29-26(2)37(48)53-36(29)34-28(25)13-14-39(34,3)54-33(47)10-6-7-27-23-45(44-43-27)16-18-51-20-22-52-21-19-50-17-15-40-32(46)9-5-4-8-31-35-30(24-55-31)41-38(49)42-35/h23,26,29-31,34-36H,4-22,24H2,1-3H3,(H,40,46)(H2,41,42,49)/t26-,29-,30+,31+,34-,35+,36-,39+/m0/s1. The number of aryl methyl sites for hydroxylation is 1. The van der Waals surface area contributed by atoms with Crippen LogP contribution in [0.5, 0.6) is 0 Å². The molecule has 4 fully saturated rings. The number of amides is 3. The fourth-order valence-corrected chi connectivity index (χ4v) is 10.4. The summed E-state index contributed by atoms with van der Waals surface area (Å²) in [4.78, 5) is 49.2. The lowest BCUT2D eigenvalue weighted by Gasteiger charge is -2.36. The highest BCUT2D eigenvalue weighted by molar-refractivity contribution is 8.00. The van der Waals surface area contributed by atoms with Crippen LogP contribution < -0.4 is 16.0 Å². The number of unbranched alkanes of at least 4 members (excludes halogenated alkanes) is 1. The zero-order valence-corrected chi connectivity index (χ0v) is 33.5. The topological polar surface area (TPSA) is 181 Å². The molecule has 3 aliphatic heterocycles. The Balaban J connectivity index is 0.740. The van der Waals surface area contributed by atoms with Gasteiger partial charge in [0.2, 0.25) is 5.91 Å². The summed E-state index contributed by atoms with van der Waals surface area (Å²) in [5.41, 5.74) is 2.81. The van der Waals surface area contributed by atoms with Gasteiger partial charge in [0.1, 0.15) is 11.7 Å². The van der Waals surface area contributed by atoms with E-state index in [4.69, 9.17) is 23.7 Å². The zero-order chi connectivity index (χ0) is 38.8. The van der Waals surface area contributed by atoms with Gasteiger partial charge in [-0.05, 0) is 65.2 Å². The molecule has 55 heavy (non-hydrogen) atoms. The van der Waals surface area contributed by atoms with E-state index < -0.39 is 5.60 Å². The molecule has 0 radical (unpaired) electrons. The third-order valence-corrected chi connectivity index (χ3v) is 13.5. The molecule has 3 N–H and O–H groups in total. The number of urea groups is 1. The van der Waals surface area contributed by atoms with Gasteiger partial charge in [0.15, 0.2) is 0 Å². The van der Waals surface area contributed by atoms with Crippen molar-refractivity contribution in [3.05, 3.63) is 23.0 Å². The first-order valence-corrected chi connectivity index (χ1v) is 21.3. The molecule has 0 spiro atoms. The number of allylic oxidation sites excluding steroid dienone is 1. The number of hydrogen-bond acceptors (Lipinski definition) is 12. The molecule has 0 unspecified atom stereocenters. The number of rotatable bonds is 22. The van der Waals surface area contributed by atoms with E-state index in [2.05, 4.69) is 33.2 Å². The number of hydrogen-bond donors (Lipinski definition) is 3. The molecule has 306 valence electrons. The van der Waals surface area contributed by atoms with Crippen molar-refractivity contribution in [3.8, 4) is 0 Å². The van der Waals surface area contributed by atoms with E-state index in [1.54, 1.807) is 4.68 Å². The van der Waals surface area contributed by atoms with Crippen LogP contribution in [0.25, 0.3) is 0 Å². The van der Waals surface area contributed by atoms with E-state index in [9.17, 15) is 19.2 Å². The van der Waals surface area contributed by atoms with Gasteiger partial charge in [0.25, 0.3) is 0 Å². The summed E-state index contributed by atoms with van der Waals surface area (Å²) in [6, 6.07) is 0.388. The lowest BCUT2D eigenvalue weighted by Crippen LogP contribution is -2.44. The Hall–Kier alpha value is -3.21. The minimum atomic E-state index is -0.676. The van der Waals surface area contributed by atoms with E-state index in [1.165, 1.54) is 11.1 Å². The monoisotopic (exact) mass is 788 g/mol. The average Bonchev–Trinajstić information content (AvgIpc) is 3.96. The number of ether oxygens (including phenoxy) is 5. The van der Waals surface area contributed by atoms with Crippen molar-refractivity contribution in [2.24, 2.45) is 17.8 Å². The fourth-order valence-electron chi connectivity index (χ4n) is 8.88. The molecule has 16 heteroatoms. The highest BCUT2D eigenvalue weighted by Crippen LogP contribution is 2.54. The average molecular weight is 789 g/mol. The summed E-state index contributed by atoms with van der Waals surface area (Å²) < 4.78 is 30.7. The minimum absolute atomic E-state index is 0.0352. The number of aromatic nitrogens is 3. The van der Waals surface area contributed by atoms with Crippen molar-refractivity contribution in [1.29, 1.82) is 0 Å². The van der Waals surface area contributed by atoms with E-state index >= 15 is 0 Å². The molecule has 2 aliphatic carbocycles. The maximum absolute atomic E-state index is 13.1. The third-order valence-electron chi connectivity index (χ3n) is 11.9. The summed E-state index contributed by atoms with van der Waals surface area (Å²) in [6.45, 7) is 9.87. The summed E-state index contributed by atoms with van der Waals surface area (Å²) in [5.74, 6) is 0.596. The number of thioether (sulfide) groups is 1. The molecular weight excluding hydrogens is 729 g/mol. The van der Waals surface area contributed by atoms with Crippen molar-refractivity contribution >= 4 is 35.6 Å². The van der Waals surface area contributed by atoms with E-state index in [1.807, 2.05) is 31.8 Å². The second-order valence-corrected chi connectivity index (χ2v) is 17.1. The Morgan fingerprint density at radius 3 is 2.64 bits per heavy atom. The molecule has 4 heterocycles. The van der Waals surface area contributed by atoms with Crippen LogP contribution in [0.4, 0.5) is 4.79 Å². The largest absolute Gasteiger partial charge is 0.461 e. The highest BCUT2D eigenvalue weighted by atomic mass is 32.2. The van der Waals surface area contributed by atoms with Crippen molar-refractivity contribution < 1.29 is 42.9 Å². The van der Waals surface area contributed by atoms with Gasteiger partial charge >= 0.3 is 18.0 Å². The summed E-state index contributed by atoms with van der Waals surface area (Å²) >= 11 is 1.90. The molecule has 6 rings (SSSR count). The van der Waals surface area contributed by atoms with E-state index in [-0.39, 0.29) is 66.2 Å². The Morgan fingerprint density at radius 1 is 1.04 bits per heavy atom. The van der Waals surface area contributed by atoms with Crippen LogP contribution in [-0.4, -0.2) is 120 Å². The van der Waals surface area contributed by atoms with Gasteiger partial charge in [-0.15, -0.1) is 5.10 Å². The molecular formula is C39H60N6O9S. The predicted octanol–water partition coefficient (Wildman–Crippen LogP) is 3.49. The first-order valence-electron chi connectivity index (χ1n) is 20.3. The van der Waals surface area contributed by atoms with Crippen LogP contribution in [0.15, 0.2) is 17.3 Å². The normalized spacial score (nSPS) is 29.6. The van der Waals surface area contributed by atoms with Crippen LogP contribution >= 0.6 is 11.8 Å². The SMILES string of the molecule is CC1=C2CC[C@@](C)(OC(=O)CCCc3cn(CCOCCOCCOCCNC(=O)CCCC[C@H]4SC[C@H]5NC(=O)N[C@H]54)nn3)[C@@H]2[C@H]2OC(=O)[C@@H](C)[C@@H]2CC1. The van der Waals surface area contributed by atoms with Gasteiger partial charge in [-0.25, -0.2) is 9.48 Å². The quantitative estimate of drug-likeness (QED) is 0.0675. The third kappa shape index (κ3) is 11.0. The number of nitrogens with zero attached hydrogens (tertiary/aromatic N) is 3. The van der Waals surface area contributed by atoms with Gasteiger partial charge in [0.05, 0.1) is 75.8 Å². The summed E-state index contributed by atoms with van der Waals surface area (Å²) in [7, 11) is 0. The lowest BCUT2D eigenvalue weighted by molar-refractivity contribution is -0.167. The van der Waals surface area contributed by atoms with Gasteiger partial charge < -0.3 is 39.6 Å². The van der Waals surface area contributed by atoms with Crippen LogP contribution in [0.2, 0.25) is 0 Å². The number of esters is 2. The van der Waals surface area contributed by atoms with Gasteiger partial charge in [-0.2, -0.15) is 11.8 Å². The zero-order valence-electron chi connectivity index (χ0n) is 32.7. The van der Waals surface area contributed by atoms with Gasteiger partial charge in [-0.3, -0.25) is 14.4 Å². The number of fused-ring (bicyclic) bond motifs is 4. The molecule has 5 aliphatic rings. The van der Waals surface area contributed by atoms with Crippen LogP contribution in [0.1, 0.15) is 90.7 Å². The lowest BCUT2D eigenvalue weighted by atomic mass is 9.77. The van der Waals surface area contributed by atoms with Crippen LogP contribution in [0.3, 0.4) is 0 Å². The Bertz CT molecular complexity index is 1520. The number of nitrogens with one attached hydrogen (secondary N) is 3. The predicted molar refractivity (Wildman–Crippen MR) is 204 cm³/mol. The highest BCUT2D eigenvalue weighted by Gasteiger charge is 2.57. The first-order chi connectivity index (χ1) is 26.6. The second-order valence-electron chi connectivity index (χ2n) is 15.8. The summed E-state index contributed by atoms with van der Waals surface area (Å²) in [5, 5.41) is 17.7. The Labute approximate surface area is 328 Å². The Kier molecular flexibility index (Phi) is 14.9. The van der Waals surface area contributed by atoms with Crippen molar-refractivity contribution in [3.63, 3.8) is 0 Å². The van der Waals surface area contributed by atoms with Crippen molar-refractivity contribution in [1.82, 2.24) is 30.9 Å². The summed E-state index contributed by atoms with van der Waals surface area (Å²) in [6.07, 6.45) is 9.99. The Morgan fingerprint density at radius 2 is 1.82 bits per heavy atom. The van der Waals surface area contributed by atoms with Gasteiger partial charge in [-0.1, -0.05) is 29.7 Å². The minimum Gasteiger partial charge on any atom is -0.461 e. The van der Waals surface area contributed by atoms with Crippen molar-refractivity contribution in [2.75, 3.05) is 51.9 Å². The maximum atomic E-state index is 13.1. The second kappa shape index (κ2) is 19.8. The molecule has 1 aromatic heterocycles. The molecule has 3 saturated heterocycles. The molecule has 1 saturated carbocycles. The molecule has 15 nitrogen and oxygen atoms in total. The smallest absolute Gasteiger partial charge is 0.315 e. The molecule has 1 aromatic rings. The maximum Gasteiger partial charge on any atom is 0.315 e. The number of carbonyl (C=O) groups excluding carboxylic acids is 4. The molecule has 0 aromatic carbocycles. The van der Waals surface area contributed by atoms with Gasteiger partial charge in [0, 0.05) is 42.5 Å². The van der Waals surface area contributed by atoms with Crippen LogP contribution in [-0.2, 0) is 51.0 Å². The van der Waals surface area contributed by atoms with E-state index in [0.717, 1.165) is 56.4 Å². The van der Waals surface area contributed by atoms with E-state index in [0.29, 0.717) is 77.2 Å². The van der Waals surface area contributed by atoms with Crippen molar-refractivity contribution in [2.45, 2.75) is 127 Å². The molecule has 8 atom stereocenters. The molecule has 3 amide bonds.